The summed E-state index contributed by atoms with van der Waals surface area (Å²) in [5, 5.41) is 20.1. The van der Waals surface area contributed by atoms with Crippen molar-refractivity contribution < 1.29 is 24.4 Å². The molecule has 0 amide bonds. The van der Waals surface area contributed by atoms with Crippen LogP contribution in [0.5, 0.6) is 11.5 Å². The Morgan fingerprint density at radius 2 is 1.71 bits per heavy atom. The van der Waals surface area contributed by atoms with Gasteiger partial charge >= 0.3 is 0 Å². The van der Waals surface area contributed by atoms with Crippen LogP contribution in [-0.4, -0.2) is 117 Å². The fourth-order valence-corrected chi connectivity index (χ4v) is 4.22. The summed E-state index contributed by atoms with van der Waals surface area (Å²) in [6, 6.07) is 5.87. The molecule has 0 aliphatic carbocycles. The molecular weight excluding hydrogens is 398 g/mol. The molecule has 1 atom stereocenters. The van der Waals surface area contributed by atoms with Crippen molar-refractivity contribution in [3.05, 3.63) is 23.8 Å². The van der Waals surface area contributed by atoms with Gasteiger partial charge in [0.15, 0.2) is 0 Å². The van der Waals surface area contributed by atoms with Crippen molar-refractivity contribution in [2.75, 3.05) is 79.8 Å². The molecule has 0 spiro atoms. The fourth-order valence-electron chi connectivity index (χ4n) is 4.22. The van der Waals surface area contributed by atoms with Gasteiger partial charge in [-0.2, -0.15) is 0 Å². The lowest BCUT2D eigenvalue weighted by Gasteiger charge is -2.35. The smallest absolute Gasteiger partial charge is 0.124 e. The van der Waals surface area contributed by atoms with Crippen LogP contribution in [0.1, 0.15) is 18.4 Å². The highest BCUT2D eigenvalue weighted by atomic mass is 16.5. The zero-order chi connectivity index (χ0) is 22.1. The van der Waals surface area contributed by atoms with Gasteiger partial charge in [0.05, 0.1) is 19.8 Å². The molecule has 176 valence electrons. The normalized spacial score (nSPS) is 20.6. The molecule has 31 heavy (non-hydrogen) atoms. The number of methoxy groups -OCH3 is 2. The number of piperazine rings is 1. The molecule has 3 rings (SSSR count). The lowest BCUT2D eigenvalue weighted by molar-refractivity contribution is 0.0333. The number of rotatable bonds is 11. The first kappa shape index (κ1) is 24.2. The van der Waals surface area contributed by atoms with Gasteiger partial charge in [0.1, 0.15) is 24.2 Å². The summed E-state index contributed by atoms with van der Waals surface area (Å²) < 4.78 is 16.7. The van der Waals surface area contributed by atoms with Crippen molar-refractivity contribution in [1.82, 2.24) is 14.7 Å². The third-order valence-corrected chi connectivity index (χ3v) is 6.20. The van der Waals surface area contributed by atoms with Crippen LogP contribution in [0.4, 0.5) is 0 Å². The van der Waals surface area contributed by atoms with Crippen molar-refractivity contribution in [2.24, 2.45) is 0 Å². The molecule has 0 saturated carbocycles. The molecule has 2 N–H and O–H groups in total. The van der Waals surface area contributed by atoms with Gasteiger partial charge in [-0.05, 0) is 31.0 Å². The number of aliphatic hydroxyl groups is 2. The molecule has 2 heterocycles. The zero-order valence-corrected chi connectivity index (χ0v) is 19.0. The maximum atomic E-state index is 10.5. The largest absolute Gasteiger partial charge is 0.497 e. The topological polar surface area (TPSA) is 77.9 Å². The standard InChI is InChI=1S/C23H39N3O5/c1-29-14-13-24-9-11-26(12-10-24)16-19-15-22(30-2)3-4-23(19)31-18-21(28)17-25-7-5-20(27)6-8-25/h3-4,15,20-21,27-28H,5-14,16-18H2,1-2H3/t21-/m1/s1. The second kappa shape index (κ2) is 12.6. The lowest BCUT2D eigenvalue weighted by Crippen LogP contribution is -2.46. The van der Waals surface area contributed by atoms with Gasteiger partial charge in [-0.15, -0.1) is 0 Å². The summed E-state index contributed by atoms with van der Waals surface area (Å²) in [6.45, 7) is 9.09. The second-order valence-electron chi connectivity index (χ2n) is 8.58. The average Bonchev–Trinajstić information content (AvgIpc) is 2.79. The van der Waals surface area contributed by atoms with Crippen LogP contribution >= 0.6 is 0 Å². The van der Waals surface area contributed by atoms with Crippen molar-refractivity contribution in [2.45, 2.75) is 31.6 Å². The number of aliphatic hydroxyl groups excluding tert-OH is 2. The first-order chi connectivity index (χ1) is 15.1. The Labute approximate surface area is 186 Å². The lowest BCUT2D eigenvalue weighted by atomic mass is 10.1. The highest BCUT2D eigenvalue weighted by Gasteiger charge is 2.21. The van der Waals surface area contributed by atoms with Crippen LogP contribution < -0.4 is 9.47 Å². The van der Waals surface area contributed by atoms with Gasteiger partial charge in [-0.1, -0.05) is 0 Å². The monoisotopic (exact) mass is 437 g/mol. The maximum absolute atomic E-state index is 10.5. The van der Waals surface area contributed by atoms with Crippen molar-refractivity contribution in [1.29, 1.82) is 0 Å². The number of nitrogens with zero attached hydrogens (tertiary/aromatic N) is 3. The van der Waals surface area contributed by atoms with Gasteiger partial charge in [-0.25, -0.2) is 0 Å². The average molecular weight is 438 g/mol. The highest BCUT2D eigenvalue weighted by Crippen LogP contribution is 2.26. The van der Waals surface area contributed by atoms with E-state index in [2.05, 4.69) is 14.7 Å². The molecule has 2 aliphatic rings. The van der Waals surface area contributed by atoms with Gasteiger partial charge < -0.3 is 29.3 Å². The number of benzene rings is 1. The number of β-amino-alcohol motifs (C(OH)–C–C–N with tert-alkyl or cyclic N) is 1. The predicted molar refractivity (Wildman–Crippen MR) is 120 cm³/mol. The summed E-state index contributed by atoms with van der Waals surface area (Å²) in [5.74, 6) is 1.62. The molecule has 1 aromatic carbocycles. The molecular formula is C23H39N3O5. The van der Waals surface area contributed by atoms with E-state index >= 15 is 0 Å². The molecule has 0 radical (unpaired) electrons. The molecule has 8 heteroatoms. The molecule has 0 unspecified atom stereocenters. The molecule has 2 aliphatic heterocycles. The number of ether oxygens (including phenoxy) is 3. The predicted octanol–water partition coefficient (Wildman–Crippen LogP) is 0.656. The van der Waals surface area contributed by atoms with E-state index in [4.69, 9.17) is 14.2 Å². The first-order valence-corrected chi connectivity index (χ1v) is 11.4. The van der Waals surface area contributed by atoms with Crippen LogP contribution in [0.3, 0.4) is 0 Å². The van der Waals surface area contributed by atoms with E-state index in [0.717, 1.165) is 88.9 Å². The summed E-state index contributed by atoms with van der Waals surface area (Å²) in [4.78, 5) is 7.05. The van der Waals surface area contributed by atoms with Crippen LogP contribution in [0.15, 0.2) is 18.2 Å². The van der Waals surface area contributed by atoms with Crippen LogP contribution in [0, 0.1) is 0 Å². The van der Waals surface area contributed by atoms with Gasteiger partial charge in [0, 0.05) is 71.6 Å². The third-order valence-electron chi connectivity index (χ3n) is 6.20. The Kier molecular flexibility index (Phi) is 9.83. The molecule has 8 nitrogen and oxygen atoms in total. The van der Waals surface area contributed by atoms with Gasteiger partial charge in [0.25, 0.3) is 0 Å². The van der Waals surface area contributed by atoms with Crippen molar-refractivity contribution >= 4 is 0 Å². The Bertz CT molecular complexity index is 646. The minimum atomic E-state index is -0.561. The quantitative estimate of drug-likeness (QED) is 0.523. The minimum Gasteiger partial charge on any atom is -0.497 e. The number of hydrogen-bond acceptors (Lipinski definition) is 8. The fraction of sp³-hybridized carbons (Fsp3) is 0.739. The summed E-state index contributed by atoms with van der Waals surface area (Å²) in [6.07, 6.45) is 0.784. The van der Waals surface area contributed by atoms with E-state index < -0.39 is 6.10 Å². The van der Waals surface area contributed by atoms with E-state index in [0.29, 0.717) is 6.54 Å². The maximum Gasteiger partial charge on any atom is 0.124 e. The van der Waals surface area contributed by atoms with Crippen LogP contribution in [-0.2, 0) is 11.3 Å². The SMILES string of the molecule is COCCN1CCN(Cc2cc(OC)ccc2OC[C@H](O)CN2CCC(O)CC2)CC1. The van der Waals surface area contributed by atoms with Crippen molar-refractivity contribution in [3.63, 3.8) is 0 Å². The number of likely N-dealkylation sites (tertiary alicyclic amines) is 1. The first-order valence-electron chi connectivity index (χ1n) is 11.4. The summed E-state index contributed by atoms with van der Waals surface area (Å²) in [7, 11) is 3.42. The number of hydrogen-bond donors (Lipinski definition) is 2. The van der Waals surface area contributed by atoms with Crippen LogP contribution in [0.25, 0.3) is 0 Å². The number of piperidine rings is 1. The molecule has 0 aromatic heterocycles. The Hall–Kier alpha value is -1.42. The molecule has 0 bridgehead atoms. The Morgan fingerprint density at radius 3 is 2.39 bits per heavy atom. The summed E-state index contributed by atoms with van der Waals surface area (Å²) in [5.41, 5.74) is 1.08. The molecule has 1 aromatic rings. The van der Waals surface area contributed by atoms with E-state index in [9.17, 15) is 10.2 Å². The van der Waals surface area contributed by atoms with E-state index in [1.54, 1.807) is 14.2 Å². The minimum absolute atomic E-state index is 0.201. The van der Waals surface area contributed by atoms with E-state index in [1.807, 2.05) is 18.2 Å². The Morgan fingerprint density at radius 1 is 1.00 bits per heavy atom. The van der Waals surface area contributed by atoms with Crippen LogP contribution in [0.2, 0.25) is 0 Å². The Balaban J connectivity index is 1.51. The van der Waals surface area contributed by atoms with Crippen molar-refractivity contribution in [3.8, 4) is 11.5 Å². The second-order valence-corrected chi connectivity index (χ2v) is 8.58. The van der Waals surface area contributed by atoms with E-state index in [-0.39, 0.29) is 12.7 Å². The highest BCUT2D eigenvalue weighted by molar-refractivity contribution is 5.40. The van der Waals surface area contributed by atoms with Gasteiger partial charge in [0.2, 0.25) is 0 Å². The zero-order valence-electron chi connectivity index (χ0n) is 19.0. The van der Waals surface area contributed by atoms with E-state index in [1.165, 1.54) is 0 Å². The molecule has 2 saturated heterocycles. The van der Waals surface area contributed by atoms with Gasteiger partial charge in [-0.3, -0.25) is 9.80 Å². The summed E-state index contributed by atoms with van der Waals surface area (Å²) >= 11 is 0. The third kappa shape index (κ3) is 7.89. The molecule has 2 fully saturated rings.